The third-order valence-electron chi connectivity index (χ3n) is 5.68. The van der Waals surface area contributed by atoms with Crippen LogP contribution in [0.3, 0.4) is 0 Å². The van der Waals surface area contributed by atoms with Gasteiger partial charge in [-0.05, 0) is 68.6 Å². The van der Waals surface area contributed by atoms with Gasteiger partial charge in [0.15, 0.2) is 0 Å². The first kappa shape index (κ1) is 24.6. The average Bonchev–Trinajstić information content (AvgIpc) is 3.32. The molecule has 0 unspecified atom stereocenters. The molecule has 2 aromatic carbocycles. The predicted octanol–water partition coefficient (Wildman–Crippen LogP) is 5.02. The van der Waals surface area contributed by atoms with Crippen molar-refractivity contribution in [3.63, 3.8) is 0 Å². The highest BCUT2D eigenvalue weighted by Gasteiger charge is 2.22. The average molecular weight is 524 g/mol. The summed E-state index contributed by atoms with van der Waals surface area (Å²) in [6.45, 7) is 8.73. The SMILES string of the molecule is CC(C)(C)NS(=O)(=O)c1ccc(-c2nc(Nc3ccc(N4CCOCC4)cc3)nc3ccsc23)cc1. The number of hydrogen-bond donors (Lipinski definition) is 2. The van der Waals surface area contributed by atoms with E-state index >= 15 is 0 Å². The Kier molecular flexibility index (Phi) is 6.69. The van der Waals surface area contributed by atoms with Crippen LogP contribution >= 0.6 is 11.3 Å². The highest BCUT2D eigenvalue weighted by atomic mass is 32.2. The molecule has 0 amide bonds. The first-order valence-electron chi connectivity index (χ1n) is 11.8. The van der Waals surface area contributed by atoms with Crippen LogP contribution in [0.1, 0.15) is 20.8 Å². The second-order valence-electron chi connectivity index (χ2n) is 9.68. The maximum absolute atomic E-state index is 12.7. The molecular formula is C26H29N5O3S2. The van der Waals surface area contributed by atoms with Crippen LogP contribution in [0.15, 0.2) is 64.9 Å². The van der Waals surface area contributed by atoms with E-state index in [0.29, 0.717) is 5.95 Å². The highest BCUT2D eigenvalue weighted by Crippen LogP contribution is 2.32. The van der Waals surface area contributed by atoms with Crippen molar-refractivity contribution in [1.29, 1.82) is 0 Å². The topological polar surface area (TPSA) is 96.5 Å². The lowest BCUT2D eigenvalue weighted by molar-refractivity contribution is 0.122. The van der Waals surface area contributed by atoms with Gasteiger partial charge in [0, 0.05) is 35.6 Å². The number of anilines is 3. The van der Waals surface area contributed by atoms with E-state index in [2.05, 4.69) is 32.1 Å². The van der Waals surface area contributed by atoms with Crippen molar-refractivity contribution in [2.45, 2.75) is 31.2 Å². The van der Waals surface area contributed by atoms with Crippen LogP contribution in [0.2, 0.25) is 0 Å². The molecule has 1 fully saturated rings. The Morgan fingerprint density at radius 3 is 2.31 bits per heavy atom. The normalized spacial score (nSPS) is 14.8. The largest absolute Gasteiger partial charge is 0.378 e. The van der Waals surface area contributed by atoms with E-state index in [1.54, 1.807) is 35.6 Å². The lowest BCUT2D eigenvalue weighted by Gasteiger charge is -2.28. The van der Waals surface area contributed by atoms with Crippen molar-refractivity contribution in [3.05, 3.63) is 60.0 Å². The van der Waals surface area contributed by atoms with Gasteiger partial charge in [-0.1, -0.05) is 12.1 Å². The fourth-order valence-electron chi connectivity index (χ4n) is 4.08. The van der Waals surface area contributed by atoms with E-state index in [1.807, 2.05) is 44.4 Å². The van der Waals surface area contributed by atoms with Crippen molar-refractivity contribution >= 4 is 48.9 Å². The number of morpholine rings is 1. The van der Waals surface area contributed by atoms with Gasteiger partial charge in [0.2, 0.25) is 16.0 Å². The Labute approximate surface area is 215 Å². The first-order chi connectivity index (χ1) is 17.2. The molecule has 0 bridgehead atoms. The molecule has 3 heterocycles. The number of fused-ring (bicyclic) bond motifs is 1. The van der Waals surface area contributed by atoms with Gasteiger partial charge in [-0.15, -0.1) is 11.3 Å². The van der Waals surface area contributed by atoms with Crippen LogP contribution in [0.4, 0.5) is 17.3 Å². The predicted molar refractivity (Wildman–Crippen MR) is 146 cm³/mol. The van der Waals surface area contributed by atoms with Crippen molar-refractivity contribution in [2.75, 3.05) is 36.5 Å². The second kappa shape index (κ2) is 9.78. The number of nitrogens with one attached hydrogen (secondary N) is 2. The zero-order valence-electron chi connectivity index (χ0n) is 20.5. The summed E-state index contributed by atoms with van der Waals surface area (Å²) in [4.78, 5) is 12.0. The van der Waals surface area contributed by atoms with E-state index in [0.717, 1.165) is 59.2 Å². The molecule has 4 aromatic rings. The summed E-state index contributed by atoms with van der Waals surface area (Å²) >= 11 is 1.56. The summed E-state index contributed by atoms with van der Waals surface area (Å²) in [6.07, 6.45) is 0. The van der Waals surface area contributed by atoms with Crippen molar-refractivity contribution in [3.8, 4) is 11.3 Å². The van der Waals surface area contributed by atoms with Gasteiger partial charge in [0.05, 0.1) is 34.0 Å². The van der Waals surface area contributed by atoms with Crippen LogP contribution in [0.25, 0.3) is 21.5 Å². The molecule has 1 aliphatic rings. The van der Waals surface area contributed by atoms with Crippen LogP contribution in [0.5, 0.6) is 0 Å². The number of benzene rings is 2. The molecule has 2 aromatic heterocycles. The number of thiophene rings is 1. The minimum Gasteiger partial charge on any atom is -0.378 e. The fraction of sp³-hybridized carbons (Fsp3) is 0.308. The van der Waals surface area contributed by atoms with Crippen LogP contribution in [-0.4, -0.2) is 50.2 Å². The van der Waals surface area contributed by atoms with E-state index in [4.69, 9.17) is 9.72 Å². The summed E-state index contributed by atoms with van der Waals surface area (Å²) in [5, 5.41) is 5.30. The molecule has 0 radical (unpaired) electrons. The molecule has 0 saturated carbocycles. The van der Waals surface area contributed by atoms with Crippen molar-refractivity contribution < 1.29 is 13.2 Å². The Morgan fingerprint density at radius 2 is 1.64 bits per heavy atom. The van der Waals surface area contributed by atoms with Crippen molar-refractivity contribution in [1.82, 2.24) is 14.7 Å². The van der Waals surface area contributed by atoms with Gasteiger partial charge in [-0.25, -0.2) is 23.1 Å². The van der Waals surface area contributed by atoms with Gasteiger partial charge in [0.1, 0.15) is 0 Å². The van der Waals surface area contributed by atoms with Crippen LogP contribution in [-0.2, 0) is 14.8 Å². The number of rotatable bonds is 6. The third-order valence-corrected chi connectivity index (χ3v) is 8.37. The molecule has 10 heteroatoms. The van der Waals surface area contributed by atoms with E-state index in [9.17, 15) is 8.42 Å². The molecule has 0 spiro atoms. The molecule has 5 rings (SSSR count). The molecule has 188 valence electrons. The van der Waals surface area contributed by atoms with E-state index < -0.39 is 15.6 Å². The van der Waals surface area contributed by atoms with Gasteiger partial charge < -0.3 is 15.0 Å². The molecule has 36 heavy (non-hydrogen) atoms. The van der Waals surface area contributed by atoms with Crippen LogP contribution < -0.4 is 14.9 Å². The zero-order chi connectivity index (χ0) is 25.3. The number of aromatic nitrogens is 2. The molecule has 0 atom stereocenters. The summed E-state index contributed by atoms with van der Waals surface area (Å²) < 4.78 is 34.5. The summed E-state index contributed by atoms with van der Waals surface area (Å²) in [5.41, 5.74) is 3.91. The lowest BCUT2D eigenvalue weighted by atomic mass is 10.1. The maximum Gasteiger partial charge on any atom is 0.241 e. The zero-order valence-corrected chi connectivity index (χ0v) is 22.1. The first-order valence-corrected chi connectivity index (χ1v) is 14.1. The van der Waals surface area contributed by atoms with E-state index in [1.165, 1.54) is 0 Å². The third kappa shape index (κ3) is 5.52. The Balaban J connectivity index is 1.41. The van der Waals surface area contributed by atoms with Gasteiger partial charge in [-0.2, -0.15) is 0 Å². The molecule has 1 aliphatic heterocycles. The molecule has 1 saturated heterocycles. The second-order valence-corrected chi connectivity index (χ2v) is 12.3. The minimum atomic E-state index is -3.61. The quantitative estimate of drug-likeness (QED) is 0.366. The number of nitrogens with zero attached hydrogens (tertiary/aromatic N) is 3. The van der Waals surface area contributed by atoms with Gasteiger partial charge in [0.25, 0.3) is 0 Å². The summed E-state index contributed by atoms with van der Waals surface area (Å²) in [6, 6.07) is 17.0. The Morgan fingerprint density at radius 1 is 0.944 bits per heavy atom. The standard InChI is InChI=1S/C26H29N5O3S2/c1-26(2,3)30-36(32,33)21-10-4-18(5-11-21)23-24-22(12-17-35-24)28-25(29-23)27-19-6-8-20(9-7-19)31-13-15-34-16-14-31/h4-12,17,30H,13-16H2,1-3H3,(H,27,28,29). The number of sulfonamides is 1. The Hall–Kier alpha value is -3.05. The maximum atomic E-state index is 12.7. The summed E-state index contributed by atoms with van der Waals surface area (Å²) in [5.74, 6) is 0.487. The van der Waals surface area contributed by atoms with Gasteiger partial charge >= 0.3 is 0 Å². The number of ether oxygens (including phenoxy) is 1. The summed E-state index contributed by atoms with van der Waals surface area (Å²) in [7, 11) is -3.61. The molecule has 8 nitrogen and oxygen atoms in total. The lowest BCUT2D eigenvalue weighted by Crippen LogP contribution is -2.40. The molecule has 0 aliphatic carbocycles. The monoisotopic (exact) mass is 523 g/mol. The number of hydrogen-bond acceptors (Lipinski definition) is 8. The van der Waals surface area contributed by atoms with E-state index in [-0.39, 0.29) is 4.90 Å². The van der Waals surface area contributed by atoms with Gasteiger partial charge in [-0.3, -0.25) is 0 Å². The smallest absolute Gasteiger partial charge is 0.241 e. The van der Waals surface area contributed by atoms with Crippen LogP contribution in [0, 0.1) is 0 Å². The minimum absolute atomic E-state index is 0.219. The molecule has 2 N–H and O–H groups in total. The Bertz CT molecular complexity index is 1450. The highest BCUT2D eigenvalue weighted by molar-refractivity contribution is 7.89. The molecular weight excluding hydrogens is 494 g/mol. The van der Waals surface area contributed by atoms with Crippen molar-refractivity contribution in [2.24, 2.45) is 0 Å². The fourth-order valence-corrected chi connectivity index (χ4v) is 6.34.